The summed E-state index contributed by atoms with van der Waals surface area (Å²) in [5.74, 6) is -0.311. The van der Waals surface area contributed by atoms with E-state index >= 15 is 0 Å². The molecule has 0 bridgehead atoms. The molecule has 0 aliphatic heterocycles. The van der Waals surface area contributed by atoms with Crippen molar-refractivity contribution in [1.82, 2.24) is 9.97 Å². The number of phenolic OH excluding ortho intramolecular Hbond substituents is 1. The van der Waals surface area contributed by atoms with Crippen LogP contribution >= 0.6 is 0 Å². The van der Waals surface area contributed by atoms with Gasteiger partial charge in [-0.05, 0) is 68.8 Å². The molecule has 6 heteroatoms. The van der Waals surface area contributed by atoms with E-state index in [1.54, 1.807) is 30.3 Å². The number of aromatic amines is 2. The summed E-state index contributed by atoms with van der Waals surface area (Å²) in [5.41, 5.74) is 2.78. The third-order valence-electron chi connectivity index (χ3n) is 4.55. The molecule has 2 aromatic carbocycles. The van der Waals surface area contributed by atoms with Crippen LogP contribution in [0.3, 0.4) is 0 Å². The van der Waals surface area contributed by atoms with Crippen molar-refractivity contribution in [2.24, 2.45) is 0 Å². The molecule has 0 atom stereocenters. The second kappa shape index (κ2) is 6.81. The molecule has 2 heterocycles. The maximum absolute atomic E-state index is 12.9. The van der Waals surface area contributed by atoms with Crippen molar-refractivity contribution in [2.45, 2.75) is 32.8 Å². The van der Waals surface area contributed by atoms with Crippen molar-refractivity contribution < 1.29 is 19.4 Å². The average Bonchev–Trinajstić information content (AvgIpc) is 3.22. The molecule has 3 N–H and O–H groups in total. The standard InChI is InChI=1S/C23H22N2O4/c1-23(2,3)29-21(27)9-13-4-6-17-14(8-13)11-19(24-17)22(28)20-12-15-10-16(26)5-7-18(15)25-20/h4-8,10-12,24-26H,9H2,1-3H3. The van der Waals surface area contributed by atoms with Crippen molar-refractivity contribution >= 4 is 33.6 Å². The van der Waals surface area contributed by atoms with Gasteiger partial charge in [0, 0.05) is 21.8 Å². The monoisotopic (exact) mass is 390 g/mol. The number of nitrogens with one attached hydrogen (secondary N) is 2. The normalized spacial score (nSPS) is 11.8. The summed E-state index contributed by atoms with van der Waals surface area (Å²) in [6.07, 6.45) is 0.174. The number of ether oxygens (including phenoxy) is 1. The summed E-state index contributed by atoms with van der Waals surface area (Å²) in [7, 11) is 0. The summed E-state index contributed by atoms with van der Waals surface area (Å²) in [6.45, 7) is 5.51. The summed E-state index contributed by atoms with van der Waals surface area (Å²) < 4.78 is 5.37. The van der Waals surface area contributed by atoms with E-state index in [1.165, 1.54) is 0 Å². The zero-order valence-electron chi connectivity index (χ0n) is 16.5. The fraction of sp³-hybridized carbons (Fsp3) is 0.217. The number of benzene rings is 2. The van der Waals surface area contributed by atoms with Gasteiger partial charge < -0.3 is 19.8 Å². The van der Waals surface area contributed by atoms with Gasteiger partial charge in [-0.25, -0.2) is 0 Å². The fourth-order valence-electron chi connectivity index (χ4n) is 3.35. The van der Waals surface area contributed by atoms with Gasteiger partial charge >= 0.3 is 5.97 Å². The fourth-order valence-corrected chi connectivity index (χ4v) is 3.35. The number of aromatic nitrogens is 2. The Balaban J connectivity index is 1.59. The number of fused-ring (bicyclic) bond motifs is 2. The van der Waals surface area contributed by atoms with Crippen molar-refractivity contribution in [2.75, 3.05) is 0 Å². The first kappa shape index (κ1) is 18.8. The molecule has 0 unspecified atom stereocenters. The first-order valence-corrected chi connectivity index (χ1v) is 9.38. The Hall–Kier alpha value is -3.54. The van der Waals surface area contributed by atoms with Gasteiger partial charge in [-0.2, -0.15) is 0 Å². The van der Waals surface area contributed by atoms with Gasteiger partial charge in [0.2, 0.25) is 5.78 Å². The Morgan fingerprint density at radius 3 is 2.10 bits per heavy atom. The average molecular weight is 390 g/mol. The Bertz CT molecular complexity index is 1240. The van der Waals surface area contributed by atoms with E-state index in [4.69, 9.17) is 4.74 Å². The Morgan fingerprint density at radius 2 is 1.48 bits per heavy atom. The highest BCUT2D eigenvalue weighted by molar-refractivity contribution is 6.11. The van der Waals surface area contributed by atoms with Crippen LogP contribution in [0.15, 0.2) is 48.5 Å². The van der Waals surface area contributed by atoms with E-state index in [2.05, 4.69) is 9.97 Å². The molecule has 2 aromatic heterocycles. The highest BCUT2D eigenvalue weighted by atomic mass is 16.6. The molecule has 0 radical (unpaired) electrons. The molecule has 6 nitrogen and oxygen atoms in total. The molecular weight excluding hydrogens is 368 g/mol. The maximum atomic E-state index is 12.9. The van der Waals surface area contributed by atoms with Gasteiger partial charge in [-0.15, -0.1) is 0 Å². The van der Waals surface area contributed by atoms with E-state index in [0.29, 0.717) is 11.4 Å². The number of ketones is 1. The first-order valence-electron chi connectivity index (χ1n) is 9.38. The second-order valence-electron chi connectivity index (χ2n) is 8.15. The second-order valence-corrected chi connectivity index (χ2v) is 8.15. The van der Waals surface area contributed by atoms with Gasteiger partial charge in [-0.1, -0.05) is 6.07 Å². The molecule has 0 amide bonds. The van der Waals surface area contributed by atoms with Crippen LogP contribution in [-0.2, 0) is 16.0 Å². The van der Waals surface area contributed by atoms with Crippen LogP contribution < -0.4 is 0 Å². The maximum Gasteiger partial charge on any atom is 0.310 e. The van der Waals surface area contributed by atoms with E-state index in [0.717, 1.165) is 27.4 Å². The molecule has 4 aromatic rings. The number of carbonyl (C=O) groups is 2. The van der Waals surface area contributed by atoms with Gasteiger partial charge in [0.1, 0.15) is 11.4 Å². The molecule has 148 valence electrons. The summed E-state index contributed by atoms with van der Waals surface area (Å²) in [5, 5.41) is 11.2. The van der Waals surface area contributed by atoms with Crippen molar-refractivity contribution in [3.63, 3.8) is 0 Å². The number of rotatable bonds is 4. The van der Waals surface area contributed by atoms with Crippen molar-refractivity contribution in [3.05, 3.63) is 65.5 Å². The molecule has 0 saturated heterocycles. The number of hydrogen-bond donors (Lipinski definition) is 3. The lowest BCUT2D eigenvalue weighted by atomic mass is 10.1. The van der Waals surface area contributed by atoms with Crippen LogP contribution in [0.1, 0.15) is 42.5 Å². The van der Waals surface area contributed by atoms with Crippen LogP contribution in [0.4, 0.5) is 0 Å². The lowest BCUT2D eigenvalue weighted by Gasteiger charge is -2.19. The predicted octanol–water partition coefficient (Wildman–Crippen LogP) is 4.47. The lowest BCUT2D eigenvalue weighted by Crippen LogP contribution is -2.24. The SMILES string of the molecule is CC(C)(C)OC(=O)Cc1ccc2[nH]c(C(=O)c3cc4cc(O)ccc4[nH]3)cc2c1. The van der Waals surface area contributed by atoms with Gasteiger partial charge in [0.05, 0.1) is 17.8 Å². The summed E-state index contributed by atoms with van der Waals surface area (Å²) in [6, 6.07) is 14.0. The third kappa shape index (κ3) is 4.01. The van der Waals surface area contributed by atoms with Gasteiger partial charge in [-0.3, -0.25) is 9.59 Å². The highest BCUT2D eigenvalue weighted by Gasteiger charge is 2.18. The van der Waals surface area contributed by atoms with Gasteiger partial charge in [0.25, 0.3) is 0 Å². The van der Waals surface area contributed by atoms with E-state index in [-0.39, 0.29) is 23.9 Å². The van der Waals surface area contributed by atoms with E-state index in [9.17, 15) is 14.7 Å². The molecule has 29 heavy (non-hydrogen) atoms. The zero-order chi connectivity index (χ0) is 20.8. The quantitative estimate of drug-likeness (QED) is 0.354. The Kier molecular flexibility index (Phi) is 4.42. The molecule has 4 rings (SSSR count). The summed E-state index contributed by atoms with van der Waals surface area (Å²) in [4.78, 5) is 31.2. The number of phenols is 1. The number of H-pyrrole nitrogens is 2. The van der Waals surface area contributed by atoms with Crippen molar-refractivity contribution in [3.8, 4) is 5.75 Å². The summed E-state index contributed by atoms with van der Waals surface area (Å²) >= 11 is 0. The van der Waals surface area contributed by atoms with E-state index in [1.807, 2.05) is 39.0 Å². The molecule has 0 aliphatic carbocycles. The van der Waals surface area contributed by atoms with Crippen molar-refractivity contribution in [1.29, 1.82) is 0 Å². The molecule has 0 aliphatic rings. The number of carbonyl (C=O) groups excluding carboxylic acids is 2. The number of aromatic hydroxyl groups is 1. The van der Waals surface area contributed by atoms with Crippen LogP contribution in [0, 0.1) is 0 Å². The Labute approximate surface area is 167 Å². The minimum absolute atomic E-state index is 0.152. The smallest absolute Gasteiger partial charge is 0.310 e. The minimum Gasteiger partial charge on any atom is -0.508 e. The van der Waals surface area contributed by atoms with E-state index < -0.39 is 5.60 Å². The number of hydrogen-bond acceptors (Lipinski definition) is 4. The lowest BCUT2D eigenvalue weighted by molar-refractivity contribution is -0.153. The Morgan fingerprint density at radius 1 is 0.897 bits per heavy atom. The molecular formula is C23H22N2O4. The zero-order valence-corrected chi connectivity index (χ0v) is 16.5. The third-order valence-corrected chi connectivity index (χ3v) is 4.55. The number of esters is 1. The molecule has 0 fully saturated rings. The highest BCUT2D eigenvalue weighted by Crippen LogP contribution is 2.24. The largest absolute Gasteiger partial charge is 0.508 e. The predicted molar refractivity (Wildman–Crippen MR) is 111 cm³/mol. The van der Waals surface area contributed by atoms with Crippen LogP contribution in [0.25, 0.3) is 21.8 Å². The topological polar surface area (TPSA) is 95.2 Å². The minimum atomic E-state index is -0.523. The van der Waals surface area contributed by atoms with Crippen LogP contribution in [0.5, 0.6) is 5.75 Å². The first-order chi connectivity index (χ1) is 13.7. The van der Waals surface area contributed by atoms with Gasteiger partial charge in [0.15, 0.2) is 0 Å². The molecule has 0 spiro atoms. The molecule has 0 saturated carbocycles. The van der Waals surface area contributed by atoms with Crippen LogP contribution in [-0.4, -0.2) is 32.4 Å². The van der Waals surface area contributed by atoms with Crippen LogP contribution in [0.2, 0.25) is 0 Å².